The molecule has 0 spiro atoms. The molecule has 6 atom stereocenters. The van der Waals surface area contributed by atoms with Gasteiger partial charge in [0.2, 0.25) is 0 Å². The number of fused-ring (bicyclic) bond motifs is 4. The Morgan fingerprint density at radius 2 is 1.39 bits per heavy atom. The highest BCUT2D eigenvalue weighted by Crippen LogP contribution is 2.58. The average Bonchev–Trinajstić information content (AvgIpc) is 3.62. The summed E-state index contributed by atoms with van der Waals surface area (Å²) in [4.78, 5) is 13.4. The van der Waals surface area contributed by atoms with Crippen molar-refractivity contribution in [1.82, 2.24) is 0 Å². The van der Waals surface area contributed by atoms with Gasteiger partial charge >= 0.3 is 5.97 Å². The summed E-state index contributed by atoms with van der Waals surface area (Å²) in [5.41, 5.74) is 1.84. The maximum Gasteiger partial charge on any atom is 0.344 e. The number of carbonyl (C=O) groups excluding carboxylic acids is 1. The SMILES string of the molecule is O=C(Oc1cc(C2CC3CCC2C3)c(S(=O)(=O)O)c(C2CC3CCC2C3)c1)c1cc(I)cc(I)c1I. The molecule has 4 saturated carbocycles. The number of esters is 1. The van der Waals surface area contributed by atoms with Gasteiger partial charge in [0.1, 0.15) is 10.6 Å². The Labute approximate surface area is 253 Å². The third-order valence-corrected chi connectivity index (χ3v) is 13.7. The van der Waals surface area contributed by atoms with Gasteiger partial charge in [0.05, 0.1) is 5.56 Å². The Balaban J connectivity index is 1.47. The first-order valence-corrected chi connectivity index (χ1v) is 17.3. The number of ether oxygens (including phenoxy) is 1. The summed E-state index contributed by atoms with van der Waals surface area (Å²) in [6, 6.07) is 7.33. The lowest BCUT2D eigenvalue weighted by molar-refractivity contribution is 0.0733. The molecule has 4 fully saturated rings. The predicted molar refractivity (Wildman–Crippen MR) is 162 cm³/mol. The molecule has 192 valence electrons. The highest BCUT2D eigenvalue weighted by atomic mass is 127. The molecule has 2 aromatic rings. The first-order chi connectivity index (χ1) is 17.1. The van der Waals surface area contributed by atoms with Gasteiger partial charge in [-0.1, -0.05) is 12.8 Å². The molecule has 0 amide bonds. The van der Waals surface area contributed by atoms with Gasteiger partial charge in [0.15, 0.2) is 0 Å². The summed E-state index contributed by atoms with van der Waals surface area (Å²) in [5.74, 6) is 2.19. The van der Waals surface area contributed by atoms with Crippen molar-refractivity contribution in [2.24, 2.45) is 23.7 Å². The number of rotatable bonds is 5. The summed E-state index contributed by atoms with van der Waals surface area (Å²) in [6.07, 6.45) is 8.67. The zero-order valence-corrected chi connectivity index (χ0v) is 26.8. The van der Waals surface area contributed by atoms with Crippen LogP contribution in [-0.2, 0) is 10.1 Å². The van der Waals surface area contributed by atoms with Crippen molar-refractivity contribution in [3.8, 4) is 5.75 Å². The van der Waals surface area contributed by atoms with Crippen molar-refractivity contribution in [2.75, 3.05) is 0 Å². The first kappa shape index (κ1) is 26.2. The van der Waals surface area contributed by atoms with Crippen LogP contribution in [0.5, 0.6) is 5.75 Å². The molecule has 0 aromatic heterocycles. The molecule has 2 aromatic carbocycles. The molecule has 0 aliphatic heterocycles. The summed E-state index contributed by atoms with van der Waals surface area (Å²) in [7, 11) is -4.43. The summed E-state index contributed by atoms with van der Waals surface area (Å²) < 4.78 is 45.1. The van der Waals surface area contributed by atoms with Crippen LogP contribution in [0.25, 0.3) is 0 Å². The molecule has 0 saturated heterocycles. The van der Waals surface area contributed by atoms with Crippen LogP contribution in [0.3, 0.4) is 0 Å². The molecule has 4 aliphatic rings. The number of hydrogen-bond donors (Lipinski definition) is 1. The number of carbonyl (C=O) groups is 1. The van der Waals surface area contributed by atoms with E-state index in [1.165, 1.54) is 12.8 Å². The second-order valence-electron chi connectivity index (χ2n) is 11.1. The summed E-state index contributed by atoms with van der Waals surface area (Å²) in [5, 5.41) is 0. The first-order valence-electron chi connectivity index (χ1n) is 12.6. The molecule has 6 unspecified atom stereocenters. The zero-order valence-electron chi connectivity index (χ0n) is 19.6. The van der Waals surface area contributed by atoms with Crippen molar-refractivity contribution in [1.29, 1.82) is 0 Å². The van der Waals surface area contributed by atoms with Crippen LogP contribution in [0.1, 0.15) is 84.7 Å². The van der Waals surface area contributed by atoms with Gasteiger partial charge in [0, 0.05) is 10.7 Å². The standard InChI is InChI=1S/C27H27I3O5S/c28-17-9-23(25(30)24(29)10-17)27(31)35-18-11-21(19-7-13-1-3-15(19)5-13)26(36(32,33)34)22(12-18)20-8-14-2-4-16(20)6-14/h9-16,19-20H,1-8H2,(H,32,33,34). The van der Waals surface area contributed by atoms with Crippen LogP contribution in [-0.4, -0.2) is 18.9 Å². The van der Waals surface area contributed by atoms with Gasteiger partial charge < -0.3 is 4.74 Å². The van der Waals surface area contributed by atoms with Crippen molar-refractivity contribution >= 4 is 83.9 Å². The van der Waals surface area contributed by atoms with Gasteiger partial charge in [-0.3, -0.25) is 4.55 Å². The van der Waals surface area contributed by atoms with Crippen molar-refractivity contribution in [3.05, 3.63) is 51.7 Å². The molecule has 4 aliphatic carbocycles. The zero-order chi connectivity index (χ0) is 25.4. The predicted octanol–water partition coefficient (Wildman–Crippen LogP) is 7.77. The summed E-state index contributed by atoms with van der Waals surface area (Å²) >= 11 is 6.59. The molecule has 4 bridgehead atoms. The van der Waals surface area contributed by atoms with Gasteiger partial charge in [0.25, 0.3) is 10.1 Å². The Morgan fingerprint density at radius 3 is 1.83 bits per heavy atom. The normalized spacial score (nSPS) is 30.8. The smallest absolute Gasteiger partial charge is 0.344 e. The molecule has 6 rings (SSSR count). The molecule has 9 heteroatoms. The monoisotopic (exact) mass is 844 g/mol. The van der Waals surface area contributed by atoms with Crippen LogP contribution in [0.4, 0.5) is 0 Å². The highest BCUT2D eigenvalue weighted by Gasteiger charge is 2.46. The topological polar surface area (TPSA) is 80.7 Å². The Hall–Kier alpha value is 0.0100. The van der Waals surface area contributed by atoms with E-state index < -0.39 is 16.1 Å². The third kappa shape index (κ3) is 4.78. The number of benzene rings is 2. The second kappa shape index (κ2) is 9.88. The van der Waals surface area contributed by atoms with E-state index in [-0.39, 0.29) is 16.7 Å². The van der Waals surface area contributed by atoms with Crippen LogP contribution >= 0.6 is 67.8 Å². The van der Waals surface area contributed by atoms with E-state index in [4.69, 9.17) is 4.74 Å². The summed E-state index contributed by atoms with van der Waals surface area (Å²) in [6.45, 7) is 0. The maximum atomic E-state index is 13.3. The fraction of sp³-hybridized carbons (Fsp3) is 0.519. The Kier molecular flexibility index (Phi) is 7.21. The quantitative estimate of drug-likeness (QED) is 0.110. The lowest BCUT2D eigenvalue weighted by Crippen LogP contribution is -2.20. The minimum Gasteiger partial charge on any atom is -0.423 e. The Morgan fingerprint density at radius 1 is 0.833 bits per heavy atom. The minimum atomic E-state index is -4.43. The van der Waals surface area contributed by atoms with Crippen molar-refractivity contribution in [3.63, 3.8) is 0 Å². The van der Waals surface area contributed by atoms with Gasteiger partial charge in [-0.25, -0.2) is 4.79 Å². The van der Waals surface area contributed by atoms with E-state index >= 15 is 0 Å². The molecular formula is C27H27I3O5S. The van der Waals surface area contributed by atoms with Crippen LogP contribution in [0.15, 0.2) is 29.2 Å². The van der Waals surface area contributed by atoms with Crippen molar-refractivity contribution in [2.45, 2.75) is 68.1 Å². The number of hydrogen-bond acceptors (Lipinski definition) is 4. The average molecular weight is 844 g/mol. The van der Waals surface area contributed by atoms with Gasteiger partial charge in [-0.15, -0.1) is 0 Å². The van der Waals surface area contributed by atoms with E-state index in [0.29, 0.717) is 46.1 Å². The van der Waals surface area contributed by atoms with Gasteiger partial charge in [-0.05, 0) is 177 Å². The van der Waals surface area contributed by atoms with E-state index in [9.17, 15) is 17.8 Å². The molecule has 1 N–H and O–H groups in total. The molecule has 0 radical (unpaired) electrons. The number of halogens is 3. The highest BCUT2D eigenvalue weighted by molar-refractivity contribution is 14.1. The van der Waals surface area contributed by atoms with Gasteiger partial charge in [-0.2, -0.15) is 8.42 Å². The van der Waals surface area contributed by atoms with Crippen LogP contribution in [0.2, 0.25) is 0 Å². The van der Waals surface area contributed by atoms with E-state index in [0.717, 1.165) is 49.2 Å². The van der Waals surface area contributed by atoms with Crippen LogP contribution in [0, 0.1) is 34.4 Å². The maximum absolute atomic E-state index is 13.3. The fourth-order valence-corrected chi connectivity index (χ4v) is 11.1. The molecular weight excluding hydrogens is 817 g/mol. The van der Waals surface area contributed by atoms with Crippen molar-refractivity contribution < 1.29 is 22.5 Å². The molecule has 5 nitrogen and oxygen atoms in total. The molecule has 36 heavy (non-hydrogen) atoms. The van der Waals surface area contributed by atoms with E-state index in [1.54, 1.807) is 12.1 Å². The lowest BCUT2D eigenvalue weighted by Gasteiger charge is -2.29. The fourth-order valence-electron chi connectivity index (χ4n) is 7.67. The van der Waals surface area contributed by atoms with E-state index in [2.05, 4.69) is 67.8 Å². The largest absolute Gasteiger partial charge is 0.423 e. The minimum absolute atomic E-state index is 0.0791. The lowest BCUT2D eigenvalue weighted by atomic mass is 9.79. The Bertz CT molecular complexity index is 1310. The second-order valence-corrected chi connectivity index (χ2v) is 16.0. The third-order valence-electron chi connectivity index (χ3n) is 9.08. The van der Waals surface area contributed by atoms with E-state index in [1.807, 2.05) is 12.1 Å². The van der Waals surface area contributed by atoms with Crippen LogP contribution < -0.4 is 4.74 Å². The molecule has 0 heterocycles.